The zero-order valence-corrected chi connectivity index (χ0v) is 17.1. The van der Waals surface area contributed by atoms with Gasteiger partial charge in [0.15, 0.2) is 0 Å². The van der Waals surface area contributed by atoms with Gasteiger partial charge >= 0.3 is 0 Å². The first-order valence-electron chi connectivity index (χ1n) is 9.80. The van der Waals surface area contributed by atoms with Crippen LogP contribution in [0.2, 0.25) is 0 Å². The van der Waals surface area contributed by atoms with Gasteiger partial charge in [0.25, 0.3) is 0 Å². The van der Waals surface area contributed by atoms with Gasteiger partial charge < -0.3 is 4.98 Å². The molecule has 0 amide bonds. The molecule has 1 N–H and O–H groups in total. The maximum absolute atomic E-state index is 3.72. The van der Waals surface area contributed by atoms with Crippen LogP contribution in [0.3, 0.4) is 0 Å². The molecule has 1 nitrogen and oxygen atoms in total. The molecule has 0 aliphatic rings. The van der Waals surface area contributed by atoms with E-state index in [-0.39, 0.29) is 5.41 Å². The largest absolute Gasteiger partial charge is 0.354 e. The molecule has 0 atom stereocenters. The first-order valence-corrected chi connectivity index (χ1v) is 10.6. The molecule has 28 heavy (non-hydrogen) atoms. The third kappa shape index (κ3) is 2.07. The Labute approximate surface area is 167 Å². The Morgan fingerprint density at radius 2 is 1.43 bits per heavy atom. The number of para-hydroxylation sites is 1. The molecule has 0 unspecified atom stereocenters. The number of fused-ring (bicyclic) bond motifs is 10. The summed E-state index contributed by atoms with van der Waals surface area (Å²) in [5, 5.41) is 8.11. The first kappa shape index (κ1) is 16.1. The molecule has 0 saturated carbocycles. The Kier molecular flexibility index (Phi) is 3.09. The Balaban J connectivity index is 1.96. The molecule has 0 radical (unpaired) electrons. The number of aromatic nitrogens is 1. The summed E-state index contributed by atoms with van der Waals surface area (Å²) in [4.78, 5) is 3.72. The number of H-pyrrole nitrogens is 1. The average Bonchev–Trinajstić information content (AvgIpc) is 3.25. The van der Waals surface area contributed by atoms with Crippen molar-refractivity contribution in [3.63, 3.8) is 0 Å². The summed E-state index contributed by atoms with van der Waals surface area (Å²) < 4.78 is 2.76. The van der Waals surface area contributed by atoms with Crippen molar-refractivity contribution in [2.24, 2.45) is 0 Å². The van der Waals surface area contributed by atoms with E-state index in [4.69, 9.17) is 0 Å². The summed E-state index contributed by atoms with van der Waals surface area (Å²) in [6.45, 7) is 6.87. The van der Waals surface area contributed by atoms with Crippen LogP contribution in [0.4, 0.5) is 0 Å². The normalized spacial score (nSPS) is 12.8. The van der Waals surface area contributed by atoms with Crippen molar-refractivity contribution in [3.8, 4) is 0 Å². The predicted molar refractivity (Wildman–Crippen MR) is 125 cm³/mol. The summed E-state index contributed by atoms with van der Waals surface area (Å²) >= 11 is 1.92. The molecule has 0 saturated heterocycles. The van der Waals surface area contributed by atoms with Crippen molar-refractivity contribution in [1.29, 1.82) is 0 Å². The summed E-state index contributed by atoms with van der Waals surface area (Å²) in [6, 6.07) is 24.5. The smallest absolute Gasteiger partial charge is 0.0551 e. The van der Waals surface area contributed by atoms with Gasteiger partial charge in [-0.2, -0.15) is 0 Å². The standard InChI is InChI=1S/C26H21NS/c1-26(2,3)15-12-13-21-19(14-15)23-22-18-10-6-7-11-20(18)27-24(22)16-8-4-5-9-17(16)25(23)28-21/h4-14,27H,1-3H3. The van der Waals surface area contributed by atoms with E-state index in [0.29, 0.717) is 0 Å². The molecule has 6 aromatic rings. The molecule has 0 spiro atoms. The molecule has 2 aromatic heterocycles. The number of benzene rings is 4. The highest BCUT2D eigenvalue weighted by atomic mass is 32.1. The van der Waals surface area contributed by atoms with Crippen molar-refractivity contribution in [3.05, 3.63) is 72.3 Å². The minimum atomic E-state index is 0.138. The minimum absolute atomic E-state index is 0.138. The maximum atomic E-state index is 3.72. The van der Waals surface area contributed by atoms with Gasteiger partial charge in [-0.25, -0.2) is 0 Å². The number of aromatic amines is 1. The highest BCUT2D eigenvalue weighted by molar-refractivity contribution is 7.27. The fraction of sp³-hybridized carbons (Fsp3) is 0.154. The van der Waals surface area contributed by atoms with E-state index in [1.54, 1.807) is 0 Å². The molecule has 0 aliphatic heterocycles. The molecule has 6 rings (SSSR count). The lowest BCUT2D eigenvalue weighted by molar-refractivity contribution is 0.591. The average molecular weight is 380 g/mol. The fourth-order valence-electron chi connectivity index (χ4n) is 4.50. The van der Waals surface area contributed by atoms with Crippen molar-refractivity contribution in [1.82, 2.24) is 4.98 Å². The Bertz CT molecular complexity index is 1540. The van der Waals surface area contributed by atoms with Crippen LogP contribution in [0.1, 0.15) is 26.3 Å². The molecule has 136 valence electrons. The molecule has 0 fully saturated rings. The number of hydrogen-bond acceptors (Lipinski definition) is 1. The molecular formula is C26H21NS. The summed E-state index contributed by atoms with van der Waals surface area (Å²) in [7, 11) is 0. The molecular weight excluding hydrogens is 358 g/mol. The quantitative estimate of drug-likeness (QED) is 0.274. The van der Waals surface area contributed by atoms with E-state index in [2.05, 4.69) is 92.5 Å². The third-order valence-electron chi connectivity index (χ3n) is 5.95. The van der Waals surface area contributed by atoms with Gasteiger partial charge in [0.2, 0.25) is 0 Å². The van der Waals surface area contributed by atoms with Gasteiger partial charge in [-0.1, -0.05) is 69.3 Å². The van der Waals surface area contributed by atoms with Crippen LogP contribution in [0.5, 0.6) is 0 Å². The van der Waals surface area contributed by atoms with Crippen LogP contribution in [-0.2, 0) is 5.41 Å². The Morgan fingerprint density at radius 3 is 2.21 bits per heavy atom. The summed E-state index contributed by atoms with van der Waals surface area (Å²) in [6.07, 6.45) is 0. The van der Waals surface area contributed by atoms with Gasteiger partial charge in [-0.05, 0) is 29.2 Å². The van der Waals surface area contributed by atoms with Gasteiger partial charge in [-0.15, -0.1) is 11.3 Å². The van der Waals surface area contributed by atoms with Gasteiger partial charge in [0.1, 0.15) is 0 Å². The number of nitrogens with one attached hydrogen (secondary N) is 1. The van der Waals surface area contributed by atoms with Crippen LogP contribution in [0.15, 0.2) is 66.7 Å². The lowest BCUT2D eigenvalue weighted by atomic mass is 9.86. The Hall–Kier alpha value is -2.84. The number of thiophene rings is 1. The topological polar surface area (TPSA) is 15.8 Å². The van der Waals surface area contributed by atoms with E-state index in [9.17, 15) is 0 Å². The number of hydrogen-bond donors (Lipinski definition) is 1. The molecule has 2 heterocycles. The van der Waals surface area contributed by atoms with E-state index in [1.165, 1.54) is 58.3 Å². The van der Waals surface area contributed by atoms with E-state index in [1.807, 2.05) is 11.3 Å². The second kappa shape index (κ2) is 5.36. The van der Waals surface area contributed by atoms with E-state index >= 15 is 0 Å². The number of rotatable bonds is 0. The van der Waals surface area contributed by atoms with Crippen LogP contribution in [0, 0.1) is 0 Å². The van der Waals surface area contributed by atoms with Crippen molar-refractivity contribution >= 4 is 64.1 Å². The van der Waals surface area contributed by atoms with Crippen molar-refractivity contribution in [2.75, 3.05) is 0 Å². The molecule has 2 heteroatoms. The highest BCUT2D eigenvalue weighted by Crippen LogP contribution is 2.46. The predicted octanol–water partition coefficient (Wildman–Crippen LogP) is 8.14. The molecule has 0 aliphatic carbocycles. The first-order chi connectivity index (χ1) is 13.5. The van der Waals surface area contributed by atoms with Gasteiger partial charge in [0.05, 0.1) is 5.52 Å². The lowest BCUT2D eigenvalue weighted by Crippen LogP contribution is -2.10. The summed E-state index contributed by atoms with van der Waals surface area (Å²) in [5.41, 5.74) is 3.99. The molecule has 0 bridgehead atoms. The van der Waals surface area contributed by atoms with Gasteiger partial charge in [-0.3, -0.25) is 0 Å². The zero-order valence-electron chi connectivity index (χ0n) is 16.3. The Morgan fingerprint density at radius 1 is 0.714 bits per heavy atom. The monoisotopic (exact) mass is 379 g/mol. The SMILES string of the molecule is CC(C)(C)c1ccc2sc3c4ccccc4c4[nH]c5ccccc5c4c3c2c1. The third-order valence-corrected chi connectivity index (χ3v) is 7.16. The van der Waals surface area contributed by atoms with E-state index in [0.717, 1.165) is 0 Å². The maximum Gasteiger partial charge on any atom is 0.0551 e. The lowest BCUT2D eigenvalue weighted by Gasteiger charge is -2.19. The fourth-order valence-corrected chi connectivity index (χ4v) is 5.73. The second-order valence-corrected chi connectivity index (χ2v) is 9.79. The summed E-state index contributed by atoms with van der Waals surface area (Å²) in [5.74, 6) is 0. The van der Waals surface area contributed by atoms with Crippen molar-refractivity contribution in [2.45, 2.75) is 26.2 Å². The van der Waals surface area contributed by atoms with Crippen LogP contribution >= 0.6 is 11.3 Å². The van der Waals surface area contributed by atoms with Crippen LogP contribution in [-0.4, -0.2) is 4.98 Å². The van der Waals surface area contributed by atoms with E-state index < -0.39 is 0 Å². The minimum Gasteiger partial charge on any atom is -0.354 e. The highest BCUT2D eigenvalue weighted by Gasteiger charge is 2.20. The van der Waals surface area contributed by atoms with Crippen LogP contribution in [0.25, 0.3) is 52.8 Å². The van der Waals surface area contributed by atoms with Gasteiger partial charge in [0, 0.05) is 47.2 Å². The molecule has 4 aromatic carbocycles. The second-order valence-electron chi connectivity index (χ2n) is 8.73. The van der Waals surface area contributed by atoms with Crippen molar-refractivity contribution < 1.29 is 0 Å². The zero-order chi connectivity index (χ0) is 19.0. The van der Waals surface area contributed by atoms with Crippen LogP contribution < -0.4 is 0 Å².